The van der Waals surface area contributed by atoms with Crippen LogP contribution < -0.4 is 0 Å². The van der Waals surface area contributed by atoms with Gasteiger partial charge in [0, 0.05) is 18.6 Å². The van der Waals surface area contributed by atoms with Crippen LogP contribution in [0.15, 0.2) is 30.3 Å². The molecule has 1 aromatic rings. The van der Waals surface area contributed by atoms with E-state index in [1.807, 2.05) is 6.07 Å². The normalized spacial score (nSPS) is 26.5. The minimum absolute atomic E-state index is 0.138. The quantitative estimate of drug-likeness (QED) is 0.763. The van der Waals surface area contributed by atoms with Gasteiger partial charge in [-0.2, -0.15) is 0 Å². The summed E-state index contributed by atoms with van der Waals surface area (Å²) < 4.78 is 0. The lowest BCUT2D eigenvalue weighted by Gasteiger charge is -2.16. The average Bonchev–Trinajstić information content (AvgIpc) is 3.16. The Kier molecular flexibility index (Phi) is 4.19. The maximum absolute atomic E-state index is 10.0. The minimum atomic E-state index is -0.138. The van der Waals surface area contributed by atoms with Crippen LogP contribution in [0.3, 0.4) is 0 Å². The fraction of sp³-hybridized carbons (Fsp3) is 0.600. The minimum Gasteiger partial charge on any atom is -0.391 e. The van der Waals surface area contributed by atoms with Gasteiger partial charge in [0.15, 0.2) is 0 Å². The van der Waals surface area contributed by atoms with E-state index in [0.717, 1.165) is 25.8 Å². The van der Waals surface area contributed by atoms with Crippen molar-refractivity contribution in [2.45, 2.75) is 51.3 Å². The molecule has 0 amide bonds. The predicted octanol–water partition coefficient (Wildman–Crippen LogP) is 2.98. The SMILES string of the molecule is CCCC[C@@H](O)[C@H]1CN1[C@@H](C)c1ccccc1. The van der Waals surface area contributed by atoms with Gasteiger partial charge in [0.25, 0.3) is 0 Å². The van der Waals surface area contributed by atoms with Crippen molar-refractivity contribution in [3.05, 3.63) is 35.9 Å². The number of rotatable bonds is 6. The number of hydrogen-bond donors (Lipinski definition) is 1. The number of nitrogens with zero attached hydrogens (tertiary/aromatic N) is 1. The average molecular weight is 233 g/mol. The summed E-state index contributed by atoms with van der Waals surface area (Å²) in [6, 6.07) is 11.4. The van der Waals surface area contributed by atoms with Crippen molar-refractivity contribution < 1.29 is 5.11 Å². The van der Waals surface area contributed by atoms with Gasteiger partial charge >= 0.3 is 0 Å². The zero-order valence-electron chi connectivity index (χ0n) is 10.8. The van der Waals surface area contributed by atoms with Gasteiger partial charge in [0.2, 0.25) is 0 Å². The van der Waals surface area contributed by atoms with Gasteiger partial charge in [-0.1, -0.05) is 50.1 Å². The zero-order chi connectivity index (χ0) is 12.3. The summed E-state index contributed by atoms with van der Waals surface area (Å²) in [5.41, 5.74) is 1.35. The van der Waals surface area contributed by atoms with Crippen LogP contribution in [0.1, 0.15) is 44.7 Å². The Hall–Kier alpha value is -0.860. The first-order valence-electron chi connectivity index (χ1n) is 6.72. The largest absolute Gasteiger partial charge is 0.391 e. The molecule has 1 aliphatic rings. The third-order valence-corrected chi connectivity index (χ3v) is 3.77. The molecule has 0 aromatic heterocycles. The molecule has 0 bridgehead atoms. The molecule has 1 unspecified atom stereocenters. The van der Waals surface area contributed by atoms with E-state index in [-0.39, 0.29) is 6.10 Å². The molecule has 1 fully saturated rings. The Morgan fingerprint density at radius 1 is 1.35 bits per heavy atom. The van der Waals surface area contributed by atoms with E-state index in [9.17, 15) is 5.11 Å². The zero-order valence-corrected chi connectivity index (χ0v) is 10.8. The van der Waals surface area contributed by atoms with Crippen LogP contribution in [-0.4, -0.2) is 28.7 Å². The summed E-state index contributed by atoms with van der Waals surface area (Å²) in [4.78, 5) is 2.38. The van der Waals surface area contributed by atoms with Crippen LogP contribution in [-0.2, 0) is 0 Å². The number of benzene rings is 1. The number of aliphatic hydroxyl groups is 1. The fourth-order valence-electron chi connectivity index (χ4n) is 2.49. The molecule has 1 aromatic carbocycles. The third-order valence-electron chi connectivity index (χ3n) is 3.77. The fourth-order valence-corrected chi connectivity index (χ4v) is 2.49. The van der Waals surface area contributed by atoms with Crippen LogP contribution in [0.5, 0.6) is 0 Å². The lowest BCUT2D eigenvalue weighted by atomic mass is 10.1. The second-order valence-corrected chi connectivity index (χ2v) is 5.06. The molecule has 1 N–H and O–H groups in total. The van der Waals surface area contributed by atoms with Crippen LogP contribution in [0.25, 0.3) is 0 Å². The first-order valence-corrected chi connectivity index (χ1v) is 6.72. The van der Waals surface area contributed by atoms with Crippen molar-refractivity contribution in [2.24, 2.45) is 0 Å². The summed E-state index contributed by atoms with van der Waals surface area (Å²) in [7, 11) is 0. The van der Waals surface area contributed by atoms with Gasteiger partial charge in [-0.15, -0.1) is 0 Å². The number of unbranched alkanes of at least 4 members (excludes halogenated alkanes) is 1. The highest BCUT2D eigenvalue weighted by atomic mass is 16.3. The predicted molar refractivity (Wildman–Crippen MR) is 70.9 cm³/mol. The maximum atomic E-state index is 10.0. The van der Waals surface area contributed by atoms with Crippen molar-refractivity contribution in [2.75, 3.05) is 6.54 Å². The van der Waals surface area contributed by atoms with Gasteiger partial charge < -0.3 is 5.11 Å². The van der Waals surface area contributed by atoms with Crippen LogP contribution in [0, 0.1) is 0 Å². The topological polar surface area (TPSA) is 23.2 Å². The molecular weight excluding hydrogens is 210 g/mol. The lowest BCUT2D eigenvalue weighted by Crippen LogP contribution is -2.20. The van der Waals surface area contributed by atoms with Gasteiger partial charge in [0.1, 0.15) is 0 Å². The molecule has 4 atom stereocenters. The standard InChI is InChI=1S/C15H23NO/c1-3-4-10-15(17)14-11-16(14)12(2)13-8-6-5-7-9-13/h5-9,12,14-15,17H,3-4,10-11H2,1-2H3/t12-,14+,15+,16?/m0/s1. The van der Waals surface area contributed by atoms with E-state index < -0.39 is 0 Å². The second-order valence-electron chi connectivity index (χ2n) is 5.06. The highest BCUT2D eigenvalue weighted by molar-refractivity contribution is 5.20. The van der Waals surface area contributed by atoms with Crippen LogP contribution in [0.2, 0.25) is 0 Å². The molecule has 1 saturated heterocycles. The monoisotopic (exact) mass is 233 g/mol. The van der Waals surface area contributed by atoms with Crippen molar-refractivity contribution >= 4 is 0 Å². The smallest absolute Gasteiger partial charge is 0.0708 e. The third kappa shape index (κ3) is 3.08. The molecule has 0 spiro atoms. The molecule has 0 saturated carbocycles. The van der Waals surface area contributed by atoms with Crippen molar-refractivity contribution in [1.29, 1.82) is 0 Å². The second kappa shape index (κ2) is 5.65. The van der Waals surface area contributed by atoms with Gasteiger partial charge in [-0.25, -0.2) is 0 Å². The van der Waals surface area contributed by atoms with Crippen molar-refractivity contribution in [3.63, 3.8) is 0 Å². The molecule has 2 heteroatoms. The first kappa shape index (κ1) is 12.6. The number of aliphatic hydroxyl groups excluding tert-OH is 1. The summed E-state index contributed by atoms with van der Waals surface area (Å²) in [6.45, 7) is 5.44. The molecule has 2 nitrogen and oxygen atoms in total. The Bertz CT molecular complexity index is 338. The van der Waals surface area contributed by atoms with Crippen LogP contribution >= 0.6 is 0 Å². The van der Waals surface area contributed by atoms with Gasteiger partial charge in [0.05, 0.1) is 6.10 Å². The summed E-state index contributed by atoms with van der Waals surface area (Å²) >= 11 is 0. The lowest BCUT2D eigenvalue weighted by molar-refractivity contribution is 0.137. The van der Waals surface area contributed by atoms with E-state index in [1.165, 1.54) is 5.56 Å². The van der Waals surface area contributed by atoms with Gasteiger partial charge in [-0.3, -0.25) is 4.90 Å². The Morgan fingerprint density at radius 3 is 2.71 bits per heavy atom. The highest BCUT2D eigenvalue weighted by Crippen LogP contribution is 2.34. The van der Waals surface area contributed by atoms with E-state index in [4.69, 9.17) is 0 Å². The van der Waals surface area contributed by atoms with E-state index in [1.54, 1.807) is 0 Å². The molecule has 17 heavy (non-hydrogen) atoms. The summed E-state index contributed by atoms with van der Waals surface area (Å²) in [5.74, 6) is 0. The molecule has 2 rings (SSSR count). The van der Waals surface area contributed by atoms with E-state index in [2.05, 4.69) is 43.0 Å². The summed E-state index contributed by atoms with van der Waals surface area (Å²) in [5, 5.41) is 10.0. The number of hydrogen-bond acceptors (Lipinski definition) is 2. The molecule has 0 aliphatic carbocycles. The first-order chi connectivity index (χ1) is 8.24. The molecule has 0 radical (unpaired) electrons. The van der Waals surface area contributed by atoms with Crippen molar-refractivity contribution in [1.82, 2.24) is 4.90 Å². The summed E-state index contributed by atoms with van der Waals surface area (Å²) in [6.07, 6.45) is 3.10. The van der Waals surface area contributed by atoms with Gasteiger partial charge in [-0.05, 0) is 18.9 Å². The Balaban J connectivity index is 1.86. The Labute approximate surface area is 104 Å². The molecule has 1 heterocycles. The van der Waals surface area contributed by atoms with E-state index >= 15 is 0 Å². The maximum Gasteiger partial charge on any atom is 0.0708 e. The van der Waals surface area contributed by atoms with Crippen molar-refractivity contribution in [3.8, 4) is 0 Å². The molecular formula is C15H23NO. The molecule has 94 valence electrons. The van der Waals surface area contributed by atoms with E-state index in [0.29, 0.717) is 12.1 Å². The Morgan fingerprint density at radius 2 is 2.06 bits per heavy atom. The molecule has 1 aliphatic heterocycles. The van der Waals surface area contributed by atoms with Crippen LogP contribution in [0.4, 0.5) is 0 Å². The highest BCUT2D eigenvalue weighted by Gasteiger charge is 2.42.